The number of nitrogens with one attached hydrogen (secondary N) is 2. The van der Waals surface area contributed by atoms with E-state index in [1.165, 1.54) is 5.56 Å². The molecule has 1 atom stereocenters. The van der Waals surface area contributed by atoms with Gasteiger partial charge in [-0.25, -0.2) is 0 Å². The fourth-order valence-corrected chi connectivity index (χ4v) is 3.07. The molecule has 2 fully saturated rings. The Bertz CT molecular complexity index is 542. The molecule has 0 spiro atoms. The van der Waals surface area contributed by atoms with Crippen LogP contribution >= 0.6 is 0 Å². The van der Waals surface area contributed by atoms with Gasteiger partial charge in [0.2, 0.25) is 11.8 Å². The van der Waals surface area contributed by atoms with Crippen LogP contribution in [0.1, 0.15) is 31.2 Å². The van der Waals surface area contributed by atoms with E-state index >= 15 is 0 Å². The van der Waals surface area contributed by atoms with Crippen molar-refractivity contribution < 1.29 is 9.59 Å². The standard InChI is InChI=1S/C18H25N3O2/c22-17(20-15-8-9-15)13-16-18(23)19-10-12-21(16)11-4-7-14-5-2-1-3-6-14/h1-3,5-6,15-16H,4,7-13H2,(H,19,23)(H,20,22)/t16-/m0/s1. The number of rotatable bonds is 7. The van der Waals surface area contributed by atoms with Crippen molar-refractivity contribution in [2.75, 3.05) is 19.6 Å². The lowest BCUT2D eigenvalue weighted by Gasteiger charge is -2.34. The summed E-state index contributed by atoms with van der Waals surface area (Å²) in [6.07, 6.45) is 4.42. The van der Waals surface area contributed by atoms with Crippen molar-refractivity contribution in [2.45, 2.75) is 44.2 Å². The molecule has 2 aliphatic rings. The molecule has 5 heteroatoms. The third-order valence-corrected chi connectivity index (χ3v) is 4.52. The van der Waals surface area contributed by atoms with Crippen LogP contribution < -0.4 is 10.6 Å². The summed E-state index contributed by atoms with van der Waals surface area (Å²) in [5, 5.41) is 5.86. The summed E-state index contributed by atoms with van der Waals surface area (Å²) in [7, 11) is 0. The zero-order valence-electron chi connectivity index (χ0n) is 13.5. The Morgan fingerprint density at radius 3 is 2.78 bits per heavy atom. The van der Waals surface area contributed by atoms with E-state index in [9.17, 15) is 9.59 Å². The first-order chi connectivity index (χ1) is 11.2. The Morgan fingerprint density at radius 1 is 1.26 bits per heavy atom. The van der Waals surface area contributed by atoms with Gasteiger partial charge in [0, 0.05) is 19.1 Å². The summed E-state index contributed by atoms with van der Waals surface area (Å²) in [6.45, 7) is 2.34. The van der Waals surface area contributed by atoms with Crippen LogP contribution in [-0.2, 0) is 16.0 Å². The molecular weight excluding hydrogens is 290 g/mol. The molecule has 23 heavy (non-hydrogen) atoms. The van der Waals surface area contributed by atoms with Crippen molar-refractivity contribution in [2.24, 2.45) is 0 Å². The molecule has 2 N–H and O–H groups in total. The molecule has 1 aromatic carbocycles. The lowest BCUT2D eigenvalue weighted by atomic mass is 10.1. The van der Waals surface area contributed by atoms with Crippen LogP contribution in [0.5, 0.6) is 0 Å². The molecular formula is C18H25N3O2. The minimum Gasteiger partial charge on any atom is -0.353 e. The summed E-state index contributed by atoms with van der Waals surface area (Å²) in [5.74, 6) is -0.00971. The minimum absolute atomic E-state index is 0.00242. The molecule has 0 bridgehead atoms. The summed E-state index contributed by atoms with van der Waals surface area (Å²) in [4.78, 5) is 26.3. The van der Waals surface area contributed by atoms with Gasteiger partial charge in [-0.15, -0.1) is 0 Å². The maximum absolute atomic E-state index is 12.1. The fraction of sp³-hybridized carbons (Fsp3) is 0.556. The van der Waals surface area contributed by atoms with Crippen LogP contribution in [0.15, 0.2) is 30.3 Å². The van der Waals surface area contributed by atoms with Gasteiger partial charge in [0.1, 0.15) is 0 Å². The smallest absolute Gasteiger partial charge is 0.237 e. The lowest BCUT2D eigenvalue weighted by molar-refractivity contribution is -0.134. The van der Waals surface area contributed by atoms with Crippen LogP contribution in [-0.4, -0.2) is 48.4 Å². The third-order valence-electron chi connectivity index (χ3n) is 4.52. The first-order valence-corrected chi connectivity index (χ1v) is 8.57. The number of carbonyl (C=O) groups excluding carboxylic acids is 2. The van der Waals surface area contributed by atoms with Crippen molar-refractivity contribution >= 4 is 11.8 Å². The highest BCUT2D eigenvalue weighted by atomic mass is 16.2. The van der Waals surface area contributed by atoms with Gasteiger partial charge in [-0.2, -0.15) is 0 Å². The molecule has 124 valence electrons. The SMILES string of the molecule is O=C(C[C@H]1C(=O)NCCN1CCCc1ccccc1)NC1CC1. The second-order valence-corrected chi connectivity index (χ2v) is 6.48. The second-order valence-electron chi connectivity index (χ2n) is 6.48. The van der Waals surface area contributed by atoms with Gasteiger partial charge in [-0.1, -0.05) is 30.3 Å². The summed E-state index contributed by atoms with van der Waals surface area (Å²) < 4.78 is 0. The Balaban J connectivity index is 1.50. The molecule has 1 aliphatic heterocycles. The Labute approximate surface area is 137 Å². The van der Waals surface area contributed by atoms with Crippen molar-refractivity contribution in [1.29, 1.82) is 0 Å². The number of carbonyl (C=O) groups is 2. The van der Waals surface area contributed by atoms with E-state index in [0.717, 1.165) is 38.8 Å². The first-order valence-electron chi connectivity index (χ1n) is 8.57. The van der Waals surface area contributed by atoms with E-state index in [0.29, 0.717) is 12.6 Å². The van der Waals surface area contributed by atoms with Gasteiger partial charge in [-0.3, -0.25) is 14.5 Å². The van der Waals surface area contributed by atoms with Crippen LogP contribution in [0.4, 0.5) is 0 Å². The zero-order chi connectivity index (χ0) is 16.1. The van der Waals surface area contributed by atoms with E-state index in [-0.39, 0.29) is 24.3 Å². The normalized spacial score (nSPS) is 21.7. The molecule has 0 radical (unpaired) electrons. The largest absolute Gasteiger partial charge is 0.353 e. The number of benzene rings is 1. The van der Waals surface area contributed by atoms with E-state index in [4.69, 9.17) is 0 Å². The monoisotopic (exact) mass is 315 g/mol. The third kappa shape index (κ3) is 4.79. The van der Waals surface area contributed by atoms with Crippen molar-refractivity contribution in [3.63, 3.8) is 0 Å². The average molecular weight is 315 g/mol. The average Bonchev–Trinajstić information content (AvgIpc) is 3.35. The number of nitrogens with zero attached hydrogens (tertiary/aromatic N) is 1. The van der Waals surface area contributed by atoms with E-state index in [1.54, 1.807) is 0 Å². The Hall–Kier alpha value is -1.88. The zero-order valence-corrected chi connectivity index (χ0v) is 13.5. The number of hydrogen-bond donors (Lipinski definition) is 2. The molecule has 0 unspecified atom stereocenters. The molecule has 2 amide bonds. The molecule has 1 aromatic rings. The van der Waals surface area contributed by atoms with Gasteiger partial charge >= 0.3 is 0 Å². The highest BCUT2D eigenvalue weighted by Gasteiger charge is 2.32. The molecule has 1 saturated heterocycles. The van der Waals surface area contributed by atoms with Crippen LogP contribution in [0.2, 0.25) is 0 Å². The summed E-state index contributed by atoms with van der Waals surface area (Å²) in [6, 6.07) is 10.4. The highest BCUT2D eigenvalue weighted by molar-refractivity contribution is 5.89. The number of aryl methyl sites for hydroxylation is 1. The minimum atomic E-state index is -0.321. The predicted octanol–water partition coefficient (Wildman–Crippen LogP) is 1.09. The molecule has 1 saturated carbocycles. The molecule has 1 aliphatic carbocycles. The lowest BCUT2D eigenvalue weighted by Crippen LogP contribution is -2.56. The topological polar surface area (TPSA) is 61.4 Å². The van der Waals surface area contributed by atoms with Crippen molar-refractivity contribution in [3.05, 3.63) is 35.9 Å². The van der Waals surface area contributed by atoms with Gasteiger partial charge < -0.3 is 10.6 Å². The molecule has 3 rings (SSSR count). The highest BCUT2D eigenvalue weighted by Crippen LogP contribution is 2.19. The number of piperazine rings is 1. The first kappa shape index (κ1) is 16.0. The van der Waals surface area contributed by atoms with Crippen LogP contribution in [0.25, 0.3) is 0 Å². The van der Waals surface area contributed by atoms with Crippen LogP contribution in [0, 0.1) is 0 Å². The van der Waals surface area contributed by atoms with Crippen molar-refractivity contribution in [1.82, 2.24) is 15.5 Å². The van der Waals surface area contributed by atoms with Gasteiger partial charge in [0.05, 0.1) is 12.5 Å². The van der Waals surface area contributed by atoms with Gasteiger partial charge in [0.15, 0.2) is 0 Å². The maximum atomic E-state index is 12.1. The van der Waals surface area contributed by atoms with Crippen LogP contribution in [0.3, 0.4) is 0 Å². The molecule has 0 aromatic heterocycles. The van der Waals surface area contributed by atoms with E-state index in [2.05, 4.69) is 39.8 Å². The predicted molar refractivity (Wildman–Crippen MR) is 88.9 cm³/mol. The number of hydrogen-bond acceptors (Lipinski definition) is 3. The quantitative estimate of drug-likeness (QED) is 0.792. The molecule has 5 nitrogen and oxygen atoms in total. The summed E-state index contributed by atoms with van der Waals surface area (Å²) in [5.41, 5.74) is 1.32. The maximum Gasteiger partial charge on any atom is 0.237 e. The van der Waals surface area contributed by atoms with Crippen molar-refractivity contribution in [3.8, 4) is 0 Å². The van der Waals surface area contributed by atoms with Gasteiger partial charge in [0.25, 0.3) is 0 Å². The van der Waals surface area contributed by atoms with E-state index < -0.39 is 0 Å². The Kier molecular flexibility index (Phi) is 5.28. The van der Waals surface area contributed by atoms with Gasteiger partial charge in [-0.05, 0) is 37.8 Å². The second kappa shape index (κ2) is 7.59. The summed E-state index contributed by atoms with van der Waals surface area (Å²) >= 11 is 0. The van der Waals surface area contributed by atoms with E-state index in [1.807, 2.05) is 6.07 Å². The Morgan fingerprint density at radius 2 is 2.04 bits per heavy atom. The number of amides is 2. The fourth-order valence-electron chi connectivity index (χ4n) is 3.07. The molecule has 1 heterocycles.